The minimum Gasteiger partial charge on any atom is -0.353 e. The van der Waals surface area contributed by atoms with Crippen molar-refractivity contribution in [3.8, 4) is 0 Å². The van der Waals surface area contributed by atoms with Crippen LogP contribution in [0.3, 0.4) is 0 Å². The highest BCUT2D eigenvalue weighted by atomic mass is 16.2. The summed E-state index contributed by atoms with van der Waals surface area (Å²) in [7, 11) is 0. The average molecular weight is 277 g/mol. The Balaban J connectivity index is 1.89. The van der Waals surface area contributed by atoms with Crippen molar-refractivity contribution in [3.63, 3.8) is 0 Å². The third-order valence-electron chi connectivity index (χ3n) is 4.10. The Morgan fingerprint density at radius 1 is 1.30 bits per heavy atom. The summed E-state index contributed by atoms with van der Waals surface area (Å²) in [5, 5.41) is 10.3. The summed E-state index contributed by atoms with van der Waals surface area (Å²) in [6, 6.07) is 1.83. The molecule has 1 aromatic rings. The van der Waals surface area contributed by atoms with Gasteiger partial charge in [-0.2, -0.15) is 5.10 Å². The second-order valence-corrected chi connectivity index (χ2v) is 5.31. The van der Waals surface area contributed by atoms with Crippen LogP contribution in [0.15, 0.2) is 18.5 Å². The highest BCUT2D eigenvalue weighted by Gasteiger charge is 2.45. The lowest BCUT2D eigenvalue weighted by atomic mass is 9.86. The van der Waals surface area contributed by atoms with E-state index in [1.807, 2.05) is 12.3 Å². The first-order chi connectivity index (χ1) is 9.72. The van der Waals surface area contributed by atoms with E-state index >= 15 is 0 Å². The molecule has 0 atom stereocenters. The van der Waals surface area contributed by atoms with Gasteiger partial charge in [-0.3, -0.25) is 14.3 Å². The van der Waals surface area contributed by atoms with Gasteiger partial charge in [-0.1, -0.05) is 0 Å². The minimum absolute atomic E-state index is 0.0116. The van der Waals surface area contributed by atoms with E-state index in [9.17, 15) is 9.59 Å². The van der Waals surface area contributed by atoms with Crippen LogP contribution in [0.25, 0.3) is 0 Å². The Bertz CT molecular complexity index is 493. The number of hydrogen-bond acceptors (Lipinski definition) is 4. The first-order valence-electron chi connectivity index (χ1n) is 6.99. The molecule has 0 radical (unpaired) electrons. The second-order valence-electron chi connectivity index (χ2n) is 5.31. The summed E-state index contributed by atoms with van der Waals surface area (Å²) in [5.74, 6) is -0.0771. The molecule has 0 aromatic carbocycles. The van der Waals surface area contributed by atoms with Gasteiger partial charge in [0, 0.05) is 25.5 Å². The van der Waals surface area contributed by atoms with Gasteiger partial charge in [-0.25, -0.2) is 0 Å². The lowest BCUT2D eigenvalue weighted by Gasteiger charge is -2.41. The van der Waals surface area contributed by atoms with Crippen molar-refractivity contribution in [2.75, 3.05) is 32.7 Å². The molecular formula is C13H19N5O2. The Morgan fingerprint density at radius 3 is 2.75 bits per heavy atom. The van der Waals surface area contributed by atoms with Gasteiger partial charge >= 0.3 is 0 Å². The molecule has 7 heteroatoms. The van der Waals surface area contributed by atoms with Gasteiger partial charge in [0.1, 0.15) is 5.54 Å². The van der Waals surface area contributed by atoms with Crippen LogP contribution in [0.4, 0.5) is 0 Å². The highest BCUT2D eigenvalue weighted by molar-refractivity contribution is 5.90. The van der Waals surface area contributed by atoms with Crippen molar-refractivity contribution in [1.82, 2.24) is 25.3 Å². The first kappa shape index (κ1) is 13.1. The molecule has 2 fully saturated rings. The fraction of sp³-hybridized carbons (Fsp3) is 0.615. The lowest BCUT2D eigenvalue weighted by Crippen LogP contribution is -2.60. The zero-order valence-electron chi connectivity index (χ0n) is 11.3. The van der Waals surface area contributed by atoms with Gasteiger partial charge in [0.2, 0.25) is 5.91 Å². The van der Waals surface area contributed by atoms with Crippen molar-refractivity contribution >= 4 is 11.8 Å². The Morgan fingerprint density at radius 2 is 2.10 bits per heavy atom. The van der Waals surface area contributed by atoms with E-state index in [1.165, 1.54) is 0 Å². The Labute approximate surface area is 117 Å². The summed E-state index contributed by atoms with van der Waals surface area (Å²) in [6.07, 6.45) is 4.93. The molecule has 0 aliphatic carbocycles. The normalized spacial score (nSPS) is 22.4. The summed E-state index contributed by atoms with van der Waals surface area (Å²) in [6.45, 7) is 2.81. The van der Waals surface area contributed by atoms with Gasteiger partial charge in [0.15, 0.2) is 0 Å². The number of hydrogen-bond donors (Lipinski definition) is 2. The topological polar surface area (TPSA) is 79.3 Å². The summed E-state index contributed by atoms with van der Waals surface area (Å²) in [4.78, 5) is 26.1. The molecule has 0 bridgehead atoms. The number of aromatic nitrogens is 2. The second kappa shape index (κ2) is 5.24. The number of piperazine rings is 1. The van der Waals surface area contributed by atoms with E-state index in [4.69, 9.17) is 0 Å². The van der Waals surface area contributed by atoms with Crippen LogP contribution in [0.1, 0.15) is 12.8 Å². The van der Waals surface area contributed by atoms with Crippen LogP contribution < -0.4 is 10.6 Å². The third kappa shape index (κ3) is 2.18. The number of nitrogens with one attached hydrogen (secondary N) is 2. The molecule has 2 aliphatic rings. The van der Waals surface area contributed by atoms with Crippen molar-refractivity contribution in [3.05, 3.63) is 18.5 Å². The van der Waals surface area contributed by atoms with E-state index in [0.717, 1.165) is 13.1 Å². The molecule has 20 heavy (non-hydrogen) atoms. The molecule has 7 nitrogen and oxygen atoms in total. The van der Waals surface area contributed by atoms with Gasteiger partial charge in [-0.05, 0) is 32.0 Å². The van der Waals surface area contributed by atoms with Gasteiger partial charge < -0.3 is 15.5 Å². The number of nitrogens with zero attached hydrogens (tertiary/aromatic N) is 3. The summed E-state index contributed by atoms with van der Waals surface area (Å²) >= 11 is 0. The summed E-state index contributed by atoms with van der Waals surface area (Å²) < 4.78 is 1.77. The monoisotopic (exact) mass is 277 g/mol. The SMILES string of the molecule is O=C1CN(C(=O)C2(n3cccn3)CCNCC2)CCN1. The largest absolute Gasteiger partial charge is 0.353 e. The zero-order valence-corrected chi connectivity index (χ0v) is 11.3. The zero-order chi connectivity index (χ0) is 14.0. The van der Waals surface area contributed by atoms with Crippen LogP contribution in [0.2, 0.25) is 0 Å². The smallest absolute Gasteiger partial charge is 0.251 e. The third-order valence-corrected chi connectivity index (χ3v) is 4.10. The average Bonchev–Trinajstić information content (AvgIpc) is 3.02. The standard InChI is InChI=1S/C13H19N5O2/c19-11-10-17(9-7-15-11)12(20)13(2-5-14-6-3-13)18-8-1-4-16-18/h1,4,8,14H,2-3,5-7,9-10H2,(H,15,19). The minimum atomic E-state index is -0.646. The molecule has 2 saturated heterocycles. The maximum atomic E-state index is 13.0. The Hall–Kier alpha value is -1.89. The molecule has 0 unspecified atom stereocenters. The maximum absolute atomic E-state index is 13.0. The molecule has 2 N–H and O–H groups in total. The fourth-order valence-corrected chi connectivity index (χ4v) is 3.01. The van der Waals surface area contributed by atoms with Gasteiger partial charge in [-0.15, -0.1) is 0 Å². The van der Waals surface area contributed by atoms with Crippen LogP contribution in [-0.2, 0) is 15.1 Å². The molecule has 0 saturated carbocycles. The molecule has 3 rings (SSSR count). The maximum Gasteiger partial charge on any atom is 0.251 e. The number of carbonyl (C=O) groups is 2. The fourth-order valence-electron chi connectivity index (χ4n) is 3.01. The highest BCUT2D eigenvalue weighted by Crippen LogP contribution is 2.29. The van der Waals surface area contributed by atoms with Crippen LogP contribution in [0, 0.1) is 0 Å². The molecular weight excluding hydrogens is 258 g/mol. The van der Waals surface area contributed by atoms with E-state index in [1.54, 1.807) is 15.8 Å². The van der Waals surface area contributed by atoms with Gasteiger partial charge in [0.05, 0.1) is 6.54 Å². The number of rotatable bonds is 2. The molecule has 1 aromatic heterocycles. The number of amides is 2. The van der Waals surface area contributed by atoms with E-state index in [-0.39, 0.29) is 18.4 Å². The molecule has 108 valence electrons. The van der Waals surface area contributed by atoms with E-state index in [2.05, 4.69) is 15.7 Å². The van der Waals surface area contributed by atoms with Crippen molar-refractivity contribution in [2.24, 2.45) is 0 Å². The quantitative estimate of drug-likeness (QED) is 0.721. The predicted molar refractivity (Wildman–Crippen MR) is 71.9 cm³/mol. The molecule has 0 spiro atoms. The number of carbonyl (C=O) groups excluding carboxylic acids is 2. The van der Waals surface area contributed by atoms with Gasteiger partial charge in [0.25, 0.3) is 5.91 Å². The molecule has 2 amide bonds. The predicted octanol–water partition coefficient (Wildman–Crippen LogP) is -1.08. The molecule has 3 heterocycles. The summed E-state index contributed by atoms with van der Waals surface area (Å²) in [5.41, 5.74) is -0.646. The van der Waals surface area contributed by atoms with E-state index in [0.29, 0.717) is 25.9 Å². The van der Waals surface area contributed by atoms with Crippen molar-refractivity contribution in [2.45, 2.75) is 18.4 Å². The lowest BCUT2D eigenvalue weighted by molar-refractivity contribution is -0.147. The first-order valence-corrected chi connectivity index (χ1v) is 6.99. The van der Waals surface area contributed by atoms with E-state index < -0.39 is 5.54 Å². The van der Waals surface area contributed by atoms with Crippen molar-refractivity contribution in [1.29, 1.82) is 0 Å². The van der Waals surface area contributed by atoms with Crippen LogP contribution >= 0.6 is 0 Å². The Kier molecular flexibility index (Phi) is 3.43. The molecule has 2 aliphatic heterocycles. The van der Waals surface area contributed by atoms with Crippen LogP contribution in [-0.4, -0.2) is 59.2 Å². The van der Waals surface area contributed by atoms with Crippen LogP contribution in [0.5, 0.6) is 0 Å². The van der Waals surface area contributed by atoms with Crippen molar-refractivity contribution < 1.29 is 9.59 Å². The number of piperidine rings is 1.